The molecular weight excluding hydrogens is 163 g/mol. The Morgan fingerprint density at radius 3 is 2.75 bits per heavy atom. The number of hydrogen-bond acceptors (Lipinski definition) is 3. The Bertz CT molecular complexity index is 309. The SMILES string of the molecule is COc1cc(F)c(C=O)cc1O. The van der Waals surface area contributed by atoms with Crippen molar-refractivity contribution in [3.05, 3.63) is 23.5 Å². The number of carbonyl (C=O) groups excluding carboxylic acids is 1. The van der Waals surface area contributed by atoms with Crippen molar-refractivity contribution < 1.29 is 19.0 Å². The lowest BCUT2D eigenvalue weighted by Gasteiger charge is -2.03. The van der Waals surface area contributed by atoms with E-state index < -0.39 is 5.82 Å². The number of phenols is 1. The van der Waals surface area contributed by atoms with Gasteiger partial charge in [-0.25, -0.2) is 4.39 Å². The summed E-state index contributed by atoms with van der Waals surface area (Å²) in [7, 11) is 1.30. The fraction of sp³-hybridized carbons (Fsp3) is 0.125. The molecule has 0 bridgehead atoms. The molecule has 0 aliphatic heterocycles. The van der Waals surface area contributed by atoms with Crippen LogP contribution in [0.1, 0.15) is 10.4 Å². The van der Waals surface area contributed by atoms with Gasteiger partial charge in [0.2, 0.25) is 0 Å². The zero-order chi connectivity index (χ0) is 9.14. The third kappa shape index (κ3) is 1.37. The van der Waals surface area contributed by atoms with Gasteiger partial charge in [0, 0.05) is 6.07 Å². The van der Waals surface area contributed by atoms with E-state index in [1.165, 1.54) is 7.11 Å². The van der Waals surface area contributed by atoms with Crippen LogP contribution in [0.25, 0.3) is 0 Å². The second kappa shape index (κ2) is 3.21. The summed E-state index contributed by atoms with van der Waals surface area (Å²) in [5.41, 5.74) is -0.187. The fourth-order valence-corrected chi connectivity index (χ4v) is 0.814. The number of rotatable bonds is 2. The number of halogens is 1. The summed E-state index contributed by atoms with van der Waals surface area (Å²) >= 11 is 0. The number of methoxy groups -OCH3 is 1. The Morgan fingerprint density at radius 1 is 1.58 bits per heavy atom. The van der Waals surface area contributed by atoms with E-state index in [1.54, 1.807) is 0 Å². The number of aromatic hydroxyl groups is 1. The molecule has 1 rings (SSSR count). The van der Waals surface area contributed by atoms with Gasteiger partial charge in [-0.1, -0.05) is 0 Å². The summed E-state index contributed by atoms with van der Waals surface area (Å²) in [4.78, 5) is 10.2. The zero-order valence-electron chi connectivity index (χ0n) is 6.37. The second-order valence-electron chi connectivity index (χ2n) is 2.16. The van der Waals surface area contributed by atoms with Gasteiger partial charge in [-0.05, 0) is 6.07 Å². The molecule has 0 heterocycles. The summed E-state index contributed by atoms with van der Waals surface area (Å²) < 4.78 is 17.4. The van der Waals surface area contributed by atoms with Crippen LogP contribution in [0.5, 0.6) is 11.5 Å². The van der Waals surface area contributed by atoms with Crippen molar-refractivity contribution in [3.63, 3.8) is 0 Å². The Kier molecular flexibility index (Phi) is 2.28. The highest BCUT2D eigenvalue weighted by Crippen LogP contribution is 2.27. The standard InChI is InChI=1S/C8H7FO3/c1-12-8-3-6(9)5(4-10)2-7(8)11/h2-4,11H,1H3. The van der Waals surface area contributed by atoms with Crippen molar-refractivity contribution in [2.24, 2.45) is 0 Å². The lowest BCUT2D eigenvalue weighted by molar-refractivity contribution is 0.111. The quantitative estimate of drug-likeness (QED) is 0.681. The van der Waals surface area contributed by atoms with Crippen molar-refractivity contribution in [1.82, 2.24) is 0 Å². The largest absolute Gasteiger partial charge is 0.504 e. The van der Waals surface area contributed by atoms with Gasteiger partial charge in [0.25, 0.3) is 0 Å². The van der Waals surface area contributed by atoms with Gasteiger partial charge < -0.3 is 9.84 Å². The smallest absolute Gasteiger partial charge is 0.163 e. The van der Waals surface area contributed by atoms with Gasteiger partial charge in [0.05, 0.1) is 12.7 Å². The van der Waals surface area contributed by atoms with E-state index in [1.807, 2.05) is 0 Å². The molecular formula is C8H7FO3. The molecule has 0 aromatic heterocycles. The van der Waals surface area contributed by atoms with Gasteiger partial charge in [-0.3, -0.25) is 4.79 Å². The van der Waals surface area contributed by atoms with Crippen LogP contribution >= 0.6 is 0 Å². The second-order valence-corrected chi connectivity index (χ2v) is 2.16. The van der Waals surface area contributed by atoms with E-state index in [9.17, 15) is 9.18 Å². The van der Waals surface area contributed by atoms with Crippen LogP contribution in [0.3, 0.4) is 0 Å². The van der Waals surface area contributed by atoms with Gasteiger partial charge >= 0.3 is 0 Å². The molecule has 0 spiro atoms. The van der Waals surface area contributed by atoms with E-state index in [2.05, 4.69) is 4.74 Å². The first-order valence-electron chi connectivity index (χ1n) is 3.20. The molecule has 0 fully saturated rings. The van der Waals surface area contributed by atoms with Crippen molar-refractivity contribution in [2.45, 2.75) is 0 Å². The Balaban J connectivity index is 3.25. The maximum atomic E-state index is 12.8. The highest BCUT2D eigenvalue weighted by Gasteiger charge is 2.07. The average Bonchev–Trinajstić information content (AvgIpc) is 2.08. The zero-order valence-corrected chi connectivity index (χ0v) is 6.37. The van der Waals surface area contributed by atoms with E-state index in [0.29, 0.717) is 6.29 Å². The molecule has 3 nitrogen and oxygen atoms in total. The minimum atomic E-state index is -0.709. The van der Waals surface area contributed by atoms with E-state index in [0.717, 1.165) is 12.1 Å². The maximum absolute atomic E-state index is 12.8. The molecule has 0 atom stereocenters. The number of phenolic OH excluding ortho intramolecular Hbond substituents is 1. The molecule has 1 N–H and O–H groups in total. The molecule has 64 valence electrons. The van der Waals surface area contributed by atoms with Crippen molar-refractivity contribution >= 4 is 6.29 Å². The highest BCUT2D eigenvalue weighted by atomic mass is 19.1. The molecule has 12 heavy (non-hydrogen) atoms. The molecule has 0 aliphatic carbocycles. The van der Waals surface area contributed by atoms with E-state index in [4.69, 9.17) is 5.11 Å². The molecule has 1 aromatic carbocycles. The molecule has 0 amide bonds. The summed E-state index contributed by atoms with van der Waals surface area (Å²) in [5, 5.41) is 9.10. The summed E-state index contributed by atoms with van der Waals surface area (Å²) in [6, 6.07) is 1.97. The van der Waals surface area contributed by atoms with Gasteiger partial charge in [-0.2, -0.15) is 0 Å². The number of benzene rings is 1. The van der Waals surface area contributed by atoms with Gasteiger partial charge in [0.15, 0.2) is 17.8 Å². The minimum absolute atomic E-state index is 0.0121. The average molecular weight is 170 g/mol. The topological polar surface area (TPSA) is 46.5 Å². The fourth-order valence-electron chi connectivity index (χ4n) is 0.814. The van der Waals surface area contributed by atoms with Crippen LogP contribution in [0, 0.1) is 5.82 Å². The van der Waals surface area contributed by atoms with Crippen LogP contribution in [0.2, 0.25) is 0 Å². The molecule has 0 saturated heterocycles. The summed E-state index contributed by atoms with van der Waals surface area (Å²) in [5.74, 6) is -0.946. The van der Waals surface area contributed by atoms with Crippen LogP contribution in [0.4, 0.5) is 4.39 Å². The molecule has 0 saturated carbocycles. The Hall–Kier alpha value is -1.58. The normalized spacial score (nSPS) is 9.50. The maximum Gasteiger partial charge on any atom is 0.163 e. The number of hydrogen-bond donors (Lipinski definition) is 1. The van der Waals surface area contributed by atoms with Gasteiger partial charge in [0.1, 0.15) is 5.82 Å². The minimum Gasteiger partial charge on any atom is -0.504 e. The third-order valence-electron chi connectivity index (χ3n) is 1.43. The highest BCUT2D eigenvalue weighted by molar-refractivity contribution is 5.76. The van der Waals surface area contributed by atoms with Crippen LogP contribution in [0.15, 0.2) is 12.1 Å². The molecule has 4 heteroatoms. The Labute approximate surface area is 68.4 Å². The first-order valence-corrected chi connectivity index (χ1v) is 3.20. The molecule has 0 aliphatic rings. The molecule has 0 radical (unpaired) electrons. The van der Waals surface area contributed by atoms with Gasteiger partial charge in [-0.15, -0.1) is 0 Å². The first kappa shape index (κ1) is 8.52. The van der Waals surface area contributed by atoms with Crippen molar-refractivity contribution in [3.8, 4) is 11.5 Å². The Morgan fingerprint density at radius 2 is 2.25 bits per heavy atom. The monoisotopic (exact) mass is 170 g/mol. The van der Waals surface area contributed by atoms with E-state index >= 15 is 0 Å². The molecule has 0 unspecified atom stereocenters. The predicted molar refractivity (Wildman–Crippen MR) is 40.0 cm³/mol. The lowest BCUT2D eigenvalue weighted by Crippen LogP contribution is -1.90. The predicted octanol–water partition coefficient (Wildman–Crippen LogP) is 1.35. The number of carbonyl (C=O) groups is 1. The van der Waals surface area contributed by atoms with E-state index in [-0.39, 0.29) is 17.1 Å². The third-order valence-corrected chi connectivity index (χ3v) is 1.43. The summed E-state index contributed by atoms with van der Waals surface area (Å²) in [6.07, 6.45) is 0.328. The van der Waals surface area contributed by atoms with Crippen LogP contribution in [-0.4, -0.2) is 18.5 Å². The lowest BCUT2D eigenvalue weighted by atomic mass is 10.2. The first-order chi connectivity index (χ1) is 5.69. The molecule has 1 aromatic rings. The number of ether oxygens (including phenoxy) is 1. The number of aldehydes is 1. The van der Waals surface area contributed by atoms with Crippen molar-refractivity contribution in [2.75, 3.05) is 7.11 Å². The van der Waals surface area contributed by atoms with Crippen LogP contribution < -0.4 is 4.74 Å². The van der Waals surface area contributed by atoms with Crippen LogP contribution in [-0.2, 0) is 0 Å². The van der Waals surface area contributed by atoms with Crippen molar-refractivity contribution in [1.29, 1.82) is 0 Å². The summed E-state index contributed by atoms with van der Waals surface area (Å²) in [6.45, 7) is 0.